The number of carbonyl (C=O) groups is 2. The van der Waals surface area contributed by atoms with Gasteiger partial charge in [0.25, 0.3) is 5.91 Å². The lowest BCUT2D eigenvalue weighted by Gasteiger charge is -2.21. The summed E-state index contributed by atoms with van der Waals surface area (Å²) >= 11 is 0. The summed E-state index contributed by atoms with van der Waals surface area (Å²) in [7, 11) is 1.64. The van der Waals surface area contributed by atoms with Crippen LogP contribution in [0.4, 0.5) is 0 Å². The third-order valence-corrected chi connectivity index (χ3v) is 4.93. The summed E-state index contributed by atoms with van der Waals surface area (Å²) in [4.78, 5) is 26.1. The van der Waals surface area contributed by atoms with Gasteiger partial charge in [0.2, 0.25) is 5.91 Å². The van der Waals surface area contributed by atoms with E-state index in [1.54, 1.807) is 18.9 Å². The van der Waals surface area contributed by atoms with Gasteiger partial charge in [-0.05, 0) is 47.2 Å². The highest BCUT2D eigenvalue weighted by Crippen LogP contribution is 2.22. The van der Waals surface area contributed by atoms with Gasteiger partial charge in [-0.2, -0.15) is 0 Å². The molecule has 1 N–H and O–H groups in total. The number of benzene rings is 2. The molecule has 0 fully saturated rings. The van der Waals surface area contributed by atoms with Crippen LogP contribution in [0.1, 0.15) is 49.2 Å². The molecule has 0 bridgehead atoms. The van der Waals surface area contributed by atoms with Crippen LogP contribution < -0.4 is 10.1 Å². The highest BCUT2D eigenvalue weighted by Gasteiger charge is 2.15. The van der Waals surface area contributed by atoms with Crippen LogP contribution in [0.3, 0.4) is 0 Å². The van der Waals surface area contributed by atoms with Gasteiger partial charge in [0.05, 0.1) is 7.11 Å². The Balaban J connectivity index is 1.85. The second-order valence-corrected chi connectivity index (χ2v) is 8.19. The lowest BCUT2D eigenvalue weighted by molar-refractivity contribution is -0.128. The highest BCUT2D eigenvalue weighted by atomic mass is 16.5. The van der Waals surface area contributed by atoms with Crippen LogP contribution in [0.2, 0.25) is 0 Å². The highest BCUT2D eigenvalue weighted by molar-refractivity contribution is 5.94. The lowest BCUT2D eigenvalue weighted by atomic mass is 9.87. The van der Waals surface area contributed by atoms with Crippen LogP contribution in [0.5, 0.6) is 5.75 Å². The van der Waals surface area contributed by atoms with Gasteiger partial charge in [-0.15, -0.1) is 0 Å². The molecule has 0 saturated carbocycles. The van der Waals surface area contributed by atoms with E-state index in [-0.39, 0.29) is 17.2 Å². The molecule has 0 aliphatic heterocycles. The maximum Gasteiger partial charge on any atom is 0.251 e. The minimum Gasteiger partial charge on any atom is -0.497 e. The summed E-state index contributed by atoms with van der Waals surface area (Å²) < 4.78 is 5.24. The van der Waals surface area contributed by atoms with E-state index in [1.165, 1.54) is 5.56 Å². The number of ether oxygens (including phenoxy) is 1. The third kappa shape index (κ3) is 6.93. The standard InChI is InChI=1S/C24H32N2O3/c1-18(27)26(15-13-19-7-6-8-22(17-19)29-5)16-14-25-23(28)20-9-11-21(12-10-20)24(2,3)4/h6-12,17H,13-16H2,1-5H3,(H,25,28). The second-order valence-electron chi connectivity index (χ2n) is 8.19. The van der Waals surface area contributed by atoms with Gasteiger partial charge in [-0.1, -0.05) is 45.0 Å². The minimum atomic E-state index is -0.123. The average Bonchev–Trinajstić information content (AvgIpc) is 2.69. The number of carbonyl (C=O) groups excluding carboxylic acids is 2. The summed E-state index contributed by atoms with van der Waals surface area (Å²) in [6.45, 7) is 9.47. The topological polar surface area (TPSA) is 58.6 Å². The Morgan fingerprint density at radius 2 is 1.72 bits per heavy atom. The molecule has 5 heteroatoms. The molecule has 0 heterocycles. The zero-order chi connectivity index (χ0) is 21.4. The Hall–Kier alpha value is -2.82. The predicted octanol–water partition coefficient (Wildman–Crippen LogP) is 3.81. The first kappa shape index (κ1) is 22.5. The van der Waals surface area contributed by atoms with Gasteiger partial charge in [-0.25, -0.2) is 0 Å². The maximum absolute atomic E-state index is 12.4. The molecule has 2 amide bonds. The minimum absolute atomic E-state index is 0.00308. The molecule has 0 spiro atoms. The van der Waals surface area contributed by atoms with E-state index in [1.807, 2.05) is 48.5 Å². The molecular formula is C24H32N2O3. The Kier molecular flexibility index (Phi) is 7.82. The molecular weight excluding hydrogens is 364 g/mol. The van der Waals surface area contributed by atoms with Crippen molar-refractivity contribution in [3.05, 3.63) is 65.2 Å². The van der Waals surface area contributed by atoms with E-state index < -0.39 is 0 Å². The van der Waals surface area contributed by atoms with E-state index >= 15 is 0 Å². The molecule has 0 aliphatic rings. The Morgan fingerprint density at radius 3 is 2.31 bits per heavy atom. The number of nitrogens with zero attached hydrogens (tertiary/aromatic N) is 1. The lowest BCUT2D eigenvalue weighted by Crippen LogP contribution is -2.38. The zero-order valence-electron chi connectivity index (χ0n) is 18.1. The molecule has 2 aromatic rings. The van der Waals surface area contributed by atoms with Crippen LogP contribution in [-0.2, 0) is 16.6 Å². The molecule has 156 valence electrons. The van der Waals surface area contributed by atoms with E-state index in [0.29, 0.717) is 25.2 Å². The van der Waals surface area contributed by atoms with Crippen molar-refractivity contribution in [2.45, 2.75) is 39.5 Å². The number of methoxy groups -OCH3 is 1. The summed E-state index contributed by atoms with van der Waals surface area (Å²) in [5.74, 6) is 0.681. The van der Waals surface area contributed by atoms with Crippen LogP contribution in [-0.4, -0.2) is 43.5 Å². The first-order chi connectivity index (χ1) is 13.7. The third-order valence-electron chi connectivity index (χ3n) is 4.93. The summed E-state index contributed by atoms with van der Waals surface area (Å²) in [5.41, 5.74) is 2.98. The molecule has 0 aliphatic carbocycles. The Bertz CT molecular complexity index is 823. The number of nitrogens with one attached hydrogen (secondary N) is 1. The summed E-state index contributed by atoms with van der Waals surface area (Å²) in [6.07, 6.45) is 0.735. The van der Waals surface area contributed by atoms with E-state index in [2.05, 4.69) is 26.1 Å². The smallest absolute Gasteiger partial charge is 0.251 e. The largest absolute Gasteiger partial charge is 0.497 e. The van der Waals surface area contributed by atoms with Crippen molar-refractivity contribution < 1.29 is 14.3 Å². The summed E-state index contributed by atoms with van der Waals surface area (Å²) in [5, 5.41) is 2.91. The van der Waals surface area contributed by atoms with Gasteiger partial charge in [0.15, 0.2) is 0 Å². The number of rotatable bonds is 8. The average molecular weight is 397 g/mol. The number of hydrogen-bond donors (Lipinski definition) is 1. The molecule has 0 radical (unpaired) electrons. The molecule has 0 aromatic heterocycles. The van der Waals surface area contributed by atoms with E-state index in [0.717, 1.165) is 17.7 Å². The Labute approximate surface area is 174 Å². The predicted molar refractivity (Wildman–Crippen MR) is 116 cm³/mol. The van der Waals surface area contributed by atoms with Gasteiger partial charge < -0.3 is 15.0 Å². The molecule has 0 unspecified atom stereocenters. The van der Waals surface area contributed by atoms with Crippen molar-refractivity contribution in [3.63, 3.8) is 0 Å². The normalized spacial score (nSPS) is 11.1. The molecule has 2 rings (SSSR count). The van der Waals surface area contributed by atoms with Crippen LogP contribution in [0.15, 0.2) is 48.5 Å². The molecule has 29 heavy (non-hydrogen) atoms. The fraction of sp³-hybridized carbons (Fsp3) is 0.417. The van der Waals surface area contributed by atoms with Crippen molar-refractivity contribution in [3.8, 4) is 5.75 Å². The Morgan fingerprint density at radius 1 is 1.03 bits per heavy atom. The fourth-order valence-corrected chi connectivity index (χ4v) is 3.05. The van der Waals surface area contributed by atoms with Crippen molar-refractivity contribution >= 4 is 11.8 Å². The van der Waals surface area contributed by atoms with Crippen molar-refractivity contribution in [1.29, 1.82) is 0 Å². The first-order valence-corrected chi connectivity index (χ1v) is 9.98. The van der Waals surface area contributed by atoms with E-state index in [4.69, 9.17) is 4.74 Å². The fourth-order valence-electron chi connectivity index (χ4n) is 3.05. The number of amides is 2. The monoisotopic (exact) mass is 396 g/mol. The van der Waals surface area contributed by atoms with Gasteiger partial charge >= 0.3 is 0 Å². The van der Waals surface area contributed by atoms with Crippen molar-refractivity contribution in [2.24, 2.45) is 0 Å². The zero-order valence-corrected chi connectivity index (χ0v) is 18.1. The maximum atomic E-state index is 12.4. The van der Waals surface area contributed by atoms with Crippen molar-refractivity contribution in [1.82, 2.24) is 10.2 Å². The van der Waals surface area contributed by atoms with Crippen molar-refractivity contribution in [2.75, 3.05) is 26.7 Å². The molecule has 0 atom stereocenters. The second kappa shape index (κ2) is 10.1. The molecule has 5 nitrogen and oxygen atoms in total. The quantitative estimate of drug-likeness (QED) is 0.738. The van der Waals surface area contributed by atoms with Crippen LogP contribution in [0, 0.1) is 0 Å². The SMILES string of the molecule is COc1cccc(CCN(CCNC(=O)c2ccc(C(C)(C)C)cc2)C(C)=O)c1. The molecule has 2 aromatic carbocycles. The molecule has 0 saturated heterocycles. The first-order valence-electron chi connectivity index (χ1n) is 9.98. The van der Waals surface area contributed by atoms with Gasteiger partial charge in [-0.3, -0.25) is 9.59 Å². The van der Waals surface area contributed by atoms with Crippen LogP contribution in [0.25, 0.3) is 0 Å². The van der Waals surface area contributed by atoms with Gasteiger partial charge in [0, 0.05) is 32.1 Å². The van der Waals surface area contributed by atoms with E-state index in [9.17, 15) is 9.59 Å². The number of hydrogen-bond acceptors (Lipinski definition) is 3. The van der Waals surface area contributed by atoms with Gasteiger partial charge in [0.1, 0.15) is 5.75 Å². The van der Waals surface area contributed by atoms with Crippen LogP contribution >= 0.6 is 0 Å². The summed E-state index contributed by atoms with van der Waals surface area (Å²) in [6, 6.07) is 15.5.